The number of rotatable bonds is 8. The average Bonchev–Trinajstić information content (AvgIpc) is 3.02. The first-order chi connectivity index (χ1) is 19.8. The molecule has 11 heteroatoms. The summed E-state index contributed by atoms with van der Waals surface area (Å²) in [5.74, 6) is -0.179. The lowest BCUT2D eigenvalue weighted by Crippen LogP contribution is -2.53. The van der Waals surface area contributed by atoms with Crippen LogP contribution in [0.3, 0.4) is 0 Å². The van der Waals surface area contributed by atoms with E-state index in [0.29, 0.717) is 36.6 Å². The SMILES string of the molecule is COc1ccc(OC)c(S(=O)(=O)N2CCC[C@H](C(=O)N3C[C@@H](C(=O)NCc4ccccc4)Oc4ccccc43)C2)c1. The topological polar surface area (TPSA) is 114 Å². The van der Waals surface area contributed by atoms with Gasteiger partial charge in [-0.2, -0.15) is 4.31 Å². The number of piperidine rings is 1. The van der Waals surface area contributed by atoms with Crippen molar-refractivity contribution in [2.24, 2.45) is 5.92 Å². The summed E-state index contributed by atoms with van der Waals surface area (Å²) in [6.07, 6.45) is 0.112. The Morgan fingerprint density at radius 2 is 1.73 bits per heavy atom. The highest BCUT2D eigenvalue weighted by atomic mass is 32.2. The van der Waals surface area contributed by atoms with Gasteiger partial charge in [-0.05, 0) is 42.7 Å². The molecule has 0 unspecified atom stereocenters. The maximum atomic E-state index is 14.0. The van der Waals surface area contributed by atoms with Gasteiger partial charge in [0.25, 0.3) is 5.91 Å². The fraction of sp³-hybridized carbons (Fsp3) is 0.333. The first-order valence-corrected chi connectivity index (χ1v) is 14.9. The maximum absolute atomic E-state index is 14.0. The minimum atomic E-state index is -3.98. The van der Waals surface area contributed by atoms with E-state index in [1.807, 2.05) is 30.3 Å². The third-order valence-corrected chi connectivity index (χ3v) is 9.25. The second-order valence-corrected chi connectivity index (χ2v) is 11.9. The molecule has 2 aliphatic heterocycles. The van der Waals surface area contributed by atoms with Crippen LogP contribution in [0.15, 0.2) is 77.7 Å². The molecule has 0 saturated carbocycles. The van der Waals surface area contributed by atoms with Crippen LogP contribution in [0.1, 0.15) is 18.4 Å². The summed E-state index contributed by atoms with van der Waals surface area (Å²) < 4.78 is 45.3. The minimum Gasteiger partial charge on any atom is -0.497 e. The predicted molar refractivity (Wildman–Crippen MR) is 153 cm³/mol. The normalized spacial score (nSPS) is 19.0. The number of ether oxygens (including phenoxy) is 3. The van der Waals surface area contributed by atoms with Crippen molar-refractivity contribution in [3.05, 3.63) is 78.4 Å². The second-order valence-electron chi connectivity index (χ2n) is 9.95. The van der Waals surface area contributed by atoms with E-state index in [4.69, 9.17) is 14.2 Å². The number of amides is 2. The van der Waals surface area contributed by atoms with E-state index in [1.165, 1.54) is 24.6 Å². The number of nitrogens with one attached hydrogen (secondary N) is 1. The fourth-order valence-electron chi connectivity index (χ4n) is 5.19. The molecule has 2 atom stereocenters. The molecule has 0 spiro atoms. The summed E-state index contributed by atoms with van der Waals surface area (Å²) in [7, 11) is -1.11. The molecule has 1 N–H and O–H groups in total. The van der Waals surface area contributed by atoms with Gasteiger partial charge in [0.1, 0.15) is 22.1 Å². The van der Waals surface area contributed by atoms with E-state index in [1.54, 1.807) is 41.3 Å². The number of benzene rings is 3. The zero-order chi connectivity index (χ0) is 29.0. The molecule has 0 aliphatic carbocycles. The number of fused-ring (bicyclic) bond motifs is 1. The molecule has 3 aromatic rings. The minimum absolute atomic E-state index is 0.00588. The van der Waals surface area contributed by atoms with Crippen LogP contribution in [0.5, 0.6) is 17.2 Å². The lowest BCUT2D eigenvalue weighted by atomic mass is 9.97. The largest absolute Gasteiger partial charge is 0.497 e. The van der Waals surface area contributed by atoms with Crippen molar-refractivity contribution in [2.45, 2.75) is 30.4 Å². The predicted octanol–water partition coefficient (Wildman–Crippen LogP) is 3.22. The van der Waals surface area contributed by atoms with Crippen LogP contribution >= 0.6 is 0 Å². The van der Waals surface area contributed by atoms with Crippen molar-refractivity contribution in [1.82, 2.24) is 9.62 Å². The van der Waals surface area contributed by atoms with Crippen molar-refractivity contribution < 1.29 is 32.2 Å². The van der Waals surface area contributed by atoms with Crippen LogP contribution in [0.4, 0.5) is 5.69 Å². The van der Waals surface area contributed by atoms with Gasteiger partial charge < -0.3 is 24.4 Å². The Labute approximate surface area is 239 Å². The zero-order valence-corrected chi connectivity index (χ0v) is 23.8. The Hall–Kier alpha value is -4.09. The molecule has 5 rings (SSSR count). The van der Waals surface area contributed by atoms with Crippen LogP contribution in [-0.4, -0.2) is 64.5 Å². The summed E-state index contributed by atoms with van der Waals surface area (Å²) in [5.41, 5.74) is 1.50. The van der Waals surface area contributed by atoms with Gasteiger partial charge in [-0.25, -0.2) is 8.42 Å². The standard InChI is InChI=1S/C30H33N3O7S/c1-38-23-14-15-26(39-2)28(17-23)41(36,37)32-16-8-11-22(19-32)30(35)33-20-27(40-25-13-7-6-12-24(25)33)29(34)31-18-21-9-4-3-5-10-21/h3-7,9-10,12-15,17,22,27H,8,11,16,18-20H2,1-2H3,(H,31,34)/t22-,27-/m0/s1. The molecule has 0 bridgehead atoms. The van der Waals surface area contributed by atoms with Gasteiger partial charge in [0.05, 0.1) is 32.4 Å². The molecule has 1 saturated heterocycles. The second kappa shape index (κ2) is 12.2. The van der Waals surface area contributed by atoms with Crippen molar-refractivity contribution >= 4 is 27.5 Å². The quantitative estimate of drug-likeness (QED) is 0.436. The van der Waals surface area contributed by atoms with Gasteiger partial charge in [0.15, 0.2) is 6.10 Å². The van der Waals surface area contributed by atoms with Gasteiger partial charge in [-0.15, -0.1) is 0 Å². The highest BCUT2D eigenvalue weighted by Gasteiger charge is 2.40. The Morgan fingerprint density at radius 3 is 2.49 bits per heavy atom. The number of hydrogen-bond donors (Lipinski definition) is 1. The van der Waals surface area contributed by atoms with Crippen molar-refractivity contribution in [2.75, 3.05) is 38.8 Å². The average molecular weight is 580 g/mol. The number of anilines is 1. The van der Waals surface area contributed by atoms with Crippen molar-refractivity contribution in [3.63, 3.8) is 0 Å². The van der Waals surface area contributed by atoms with Gasteiger partial charge in [0.2, 0.25) is 15.9 Å². The van der Waals surface area contributed by atoms with Crippen LogP contribution in [0.25, 0.3) is 0 Å². The van der Waals surface area contributed by atoms with Gasteiger partial charge in [-0.3, -0.25) is 9.59 Å². The van der Waals surface area contributed by atoms with E-state index in [0.717, 1.165) is 5.56 Å². The molecular formula is C30H33N3O7S. The lowest BCUT2D eigenvalue weighted by molar-refractivity contribution is -0.129. The highest BCUT2D eigenvalue weighted by Crippen LogP contribution is 2.37. The Bertz CT molecular complexity index is 1510. The third-order valence-electron chi connectivity index (χ3n) is 7.36. The molecule has 41 heavy (non-hydrogen) atoms. The molecule has 1 fully saturated rings. The Balaban J connectivity index is 1.35. The van der Waals surface area contributed by atoms with Crippen LogP contribution in [-0.2, 0) is 26.2 Å². The summed E-state index contributed by atoms with van der Waals surface area (Å²) in [4.78, 5) is 28.6. The zero-order valence-electron chi connectivity index (χ0n) is 23.0. The molecule has 2 aliphatic rings. The summed E-state index contributed by atoms with van der Waals surface area (Å²) in [5, 5.41) is 2.89. The van der Waals surface area contributed by atoms with E-state index in [2.05, 4.69) is 5.32 Å². The van der Waals surface area contributed by atoms with E-state index < -0.39 is 22.0 Å². The monoisotopic (exact) mass is 579 g/mol. The van der Waals surface area contributed by atoms with E-state index in [-0.39, 0.29) is 42.1 Å². The third kappa shape index (κ3) is 6.01. The summed E-state index contributed by atoms with van der Waals surface area (Å²) in [6.45, 7) is 0.629. The number of sulfonamides is 1. The molecule has 10 nitrogen and oxygen atoms in total. The number of para-hydroxylation sites is 2. The highest BCUT2D eigenvalue weighted by molar-refractivity contribution is 7.89. The fourth-order valence-corrected chi connectivity index (χ4v) is 6.88. The molecule has 3 aromatic carbocycles. The molecule has 2 heterocycles. The summed E-state index contributed by atoms with van der Waals surface area (Å²) in [6, 6.07) is 21.2. The number of hydrogen-bond acceptors (Lipinski definition) is 7. The molecule has 2 amide bonds. The molecule has 216 valence electrons. The van der Waals surface area contributed by atoms with Gasteiger partial charge in [0, 0.05) is 25.7 Å². The van der Waals surface area contributed by atoms with Crippen LogP contribution in [0, 0.1) is 5.92 Å². The number of nitrogens with zero attached hydrogens (tertiary/aromatic N) is 2. The Kier molecular flexibility index (Phi) is 8.46. The van der Waals surface area contributed by atoms with E-state index in [9.17, 15) is 18.0 Å². The molecular weight excluding hydrogens is 546 g/mol. The lowest BCUT2D eigenvalue weighted by Gasteiger charge is -2.38. The van der Waals surface area contributed by atoms with Gasteiger partial charge in [-0.1, -0.05) is 42.5 Å². The van der Waals surface area contributed by atoms with Crippen LogP contribution < -0.4 is 24.4 Å². The molecule has 0 radical (unpaired) electrons. The number of carbonyl (C=O) groups excluding carboxylic acids is 2. The van der Waals surface area contributed by atoms with Crippen LogP contribution in [0.2, 0.25) is 0 Å². The van der Waals surface area contributed by atoms with Crippen molar-refractivity contribution in [1.29, 1.82) is 0 Å². The summed E-state index contributed by atoms with van der Waals surface area (Å²) >= 11 is 0. The molecule has 0 aromatic heterocycles. The smallest absolute Gasteiger partial charge is 0.263 e. The van der Waals surface area contributed by atoms with Crippen molar-refractivity contribution in [3.8, 4) is 17.2 Å². The number of methoxy groups -OCH3 is 2. The first-order valence-electron chi connectivity index (χ1n) is 13.4. The maximum Gasteiger partial charge on any atom is 0.263 e. The number of carbonyl (C=O) groups is 2. The Morgan fingerprint density at radius 1 is 0.976 bits per heavy atom. The van der Waals surface area contributed by atoms with Gasteiger partial charge >= 0.3 is 0 Å². The first kappa shape index (κ1) is 28.4. The van der Waals surface area contributed by atoms with E-state index >= 15 is 0 Å².